The molecule has 1 fully saturated rings. The predicted molar refractivity (Wildman–Crippen MR) is 58.8 cm³/mol. The van der Waals surface area contributed by atoms with E-state index in [9.17, 15) is 0 Å². The smallest absolute Gasteiger partial charge is 0.115 e. The van der Waals surface area contributed by atoms with Gasteiger partial charge in [0.05, 0.1) is 11.9 Å². The van der Waals surface area contributed by atoms with Gasteiger partial charge >= 0.3 is 0 Å². The number of pyridine rings is 1. The van der Waals surface area contributed by atoms with E-state index >= 15 is 0 Å². The lowest BCUT2D eigenvalue weighted by atomic mass is 10.3. The standard InChI is InChI=1S/C11H12N4/c1-2-7-15(6-1)10-8-13-14-9-4-3-5-12-11(9)10/h3-5,8H,1-2,6-7H2. The molecule has 2 aromatic rings. The van der Waals surface area contributed by atoms with E-state index in [4.69, 9.17) is 0 Å². The third-order valence-corrected chi connectivity index (χ3v) is 2.82. The molecule has 4 nitrogen and oxygen atoms in total. The highest BCUT2D eigenvalue weighted by Gasteiger charge is 2.15. The van der Waals surface area contributed by atoms with E-state index in [1.807, 2.05) is 24.5 Å². The Labute approximate surface area is 88.0 Å². The summed E-state index contributed by atoms with van der Waals surface area (Å²) in [6, 6.07) is 3.85. The summed E-state index contributed by atoms with van der Waals surface area (Å²) in [5, 5.41) is 8.10. The molecule has 3 heterocycles. The molecule has 0 saturated carbocycles. The normalized spacial score (nSPS) is 16.1. The molecule has 0 radical (unpaired) electrons. The largest absolute Gasteiger partial charge is 0.368 e. The molecule has 3 rings (SSSR count). The molecule has 0 atom stereocenters. The molecule has 1 aliphatic rings. The summed E-state index contributed by atoms with van der Waals surface area (Å²) in [6.07, 6.45) is 6.15. The molecule has 1 saturated heterocycles. The van der Waals surface area contributed by atoms with Gasteiger partial charge in [0, 0.05) is 19.3 Å². The van der Waals surface area contributed by atoms with Gasteiger partial charge in [-0.2, -0.15) is 5.10 Å². The Morgan fingerprint density at radius 2 is 2.07 bits per heavy atom. The molecule has 0 amide bonds. The van der Waals surface area contributed by atoms with Crippen molar-refractivity contribution in [2.24, 2.45) is 0 Å². The van der Waals surface area contributed by atoms with Crippen molar-refractivity contribution in [3.05, 3.63) is 24.5 Å². The third-order valence-electron chi connectivity index (χ3n) is 2.82. The summed E-state index contributed by atoms with van der Waals surface area (Å²) in [4.78, 5) is 6.72. The van der Waals surface area contributed by atoms with Gasteiger partial charge in [-0.3, -0.25) is 4.98 Å². The summed E-state index contributed by atoms with van der Waals surface area (Å²) < 4.78 is 0. The predicted octanol–water partition coefficient (Wildman–Crippen LogP) is 1.62. The highest BCUT2D eigenvalue weighted by atomic mass is 15.2. The van der Waals surface area contributed by atoms with Gasteiger partial charge in [0.15, 0.2) is 0 Å². The maximum absolute atomic E-state index is 4.38. The maximum Gasteiger partial charge on any atom is 0.115 e. The minimum absolute atomic E-state index is 0.877. The van der Waals surface area contributed by atoms with Crippen molar-refractivity contribution in [1.82, 2.24) is 15.2 Å². The van der Waals surface area contributed by atoms with E-state index in [-0.39, 0.29) is 0 Å². The first-order chi connectivity index (χ1) is 7.45. The molecule has 0 bridgehead atoms. The van der Waals surface area contributed by atoms with Crippen LogP contribution < -0.4 is 4.90 Å². The number of anilines is 1. The average molecular weight is 200 g/mol. The van der Waals surface area contributed by atoms with Crippen LogP contribution in [0.5, 0.6) is 0 Å². The highest BCUT2D eigenvalue weighted by Crippen LogP contribution is 2.25. The van der Waals surface area contributed by atoms with E-state index < -0.39 is 0 Å². The summed E-state index contributed by atoms with van der Waals surface area (Å²) in [5.74, 6) is 0. The lowest BCUT2D eigenvalue weighted by Crippen LogP contribution is -2.18. The molecule has 15 heavy (non-hydrogen) atoms. The first-order valence-electron chi connectivity index (χ1n) is 5.26. The fourth-order valence-corrected chi connectivity index (χ4v) is 2.07. The van der Waals surface area contributed by atoms with E-state index in [0.717, 1.165) is 29.8 Å². The average Bonchev–Trinajstić information content (AvgIpc) is 2.82. The number of rotatable bonds is 1. The summed E-state index contributed by atoms with van der Waals surface area (Å²) in [6.45, 7) is 2.22. The van der Waals surface area contributed by atoms with Crippen molar-refractivity contribution >= 4 is 16.7 Å². The second kappa shape index (κ2) is 3.46. The Hall–Kier alpha value is -1.71. The summed E-state index contributed by atoms with van der Waals surface area (Å²) in [7, 11) is 0. The maximum atomic E-state index is 4.38. The zero-order chi connectivity index (χ0) is 10.1. The van der Waals surface area contributed by atoms with E-state index in [2.05, 4.69) is 20.1 Å². The van der Waals surface area contributed by atoms with Crippen LogP contribution in [-0.2, 0) is 0 Å². The van der Waals surface area contributed by atoms with Gasteiger partial charge in [0.25, 0.3) is 0 Å². The van der Waals surface area contributed by atoms with Crippen LogP contribution in [0.25, 0.3) is 11.0 Å². The van der Waals surface area contributed by atoms with E-state index in [1.165, 1.54) is 12.8 Å². The quantitative estimate of drug-likeness (QED) is 0.701. The van der Waals surface area contributed by atoms with Crippen molar-refractivity contribution < 1.29 is 0 Å². The van der Waals surface area contributed by atoms with Crippen molar-refractivity contribution in [2.75, 3.05) is 18.0 Å². The molecule has 4 heteroatoms. The topological polar surface area (TPSA) is 41.9 Å². The molecule has 0 aromatic carbocycles. The van der Waals surface area contributed by atoms with Crippen molar-refractivity contribution in [3.63, 3.8) is 0 Å². The zero-order valence-electron chi connectivity index (χ0n) is 8.43. The lowest BCUT2D eigenvalue weighted by Gasteiger charge is -2.17. The second-order valence-electron chi connectivity index (χ2n) is 3.80. The minimum Gasteiger partial charge on any atom is -0.368 e. The molecule has 76 valence electrons. The van der Waals surface area contributed by atoms with Crippen LogP contribution in [0, 0.1) is 0 Å². The SMILES string of the molecule is c1cnc2c(N3CCCC3)cnnc2c1. The first kappa shape index (κ1) is 8.59. The molecule has 0 aliphatic carbocycles. The Balaban J connectivity index is 2.16. The van der Waals surface area contributed by atoms with Gasteiger partial charge in [-0.05, 0) is 25.0 Å². The van der Waals surface area contributed by atoms with Gasteiger partial charge in [-0.15, -0.1) is 5.10 Å². The number of fused-ring (bicyclic) bond motifs is 1. The Bertz CT molecular complexity index is 471. The molecule has 0 spiro atoms. The highest BCUT2D eigenvalue weighted by molar-refractivity contribution is 5.86. The summed E-state index contributed by atoms with van der Waals surface area (Å²) >= 11 is 0. The van der Waals surface area contributed by atoms with Gasteiger partial charge in [0.1, 0.15) is 11.0 Å². The molecule has 0 unspecified atom stereocenters. The van der Waals surface area contributed by atoms with Gasteiger partial charge < -0.3 is 4.90 Å². The molecule has 1 aliphatic heterocycles. The number of hydrogen-bond acceptors (Lipinski definition) is 4. The molecular weight excluding hydrogens is 188 g/mol. The monoisotopic (exact) mass is 200 g/mol. The van der Waals surface area contributed by atoms with Crippen molar-refractivity contribution in [3.8, 4) is 0 Å². The Morgan fingerprint density at radius 3 is 2.93 bits per heavy atom. The van der Waals surface area contributed by atoms with Gasteiger partial charge in [0.2, 0.25) is 0 Å². The van der Waals surface area contributed by atoms with Crippen molar-refractivity contribution in [1.29, 1.82) is 0 Å². The number of nitrogens with zero attached hydrogens (tertiary/aromatic N) is 4. The first-order valence-corrected chi connectivity index (χ1v) is 5.26. The van der Waals surface area contributed by atoms with E-state index in [1.54, 1.807) is 0 Å². The van der Waals surface area contributed by atoms with Gasteiger partial charge in [-0.1, -0.05) is 0 Å². The van der Waals surface area contributed by atoms with Crippen LogP contribution in [0.15, 0.2) is 24.5 Å². The Kier molecular flexibility index (Phi) is 1.98. The Morgan fingerprint density at radius 1 is 1.20 bits per heavy atom. The fourth-order valence-electron chi connectivity index (χ4n) is 2.07. The van der Waals surface area contributed by atoms with Crippen LogP contribution in [0.1, 0.15) is 12.8 Å². The van der Waals surface area contributed by atoms with Crippen LogP contribution in [-0.4, -0.2) is 28.3 Å². The zero-order valence-corrected chi connectivity index (χ0v) is 8.43. The van der Waals surface area contributed by atoms with Crippen LogP contribution in [0.3, 0.4) is 0 Å². The summed E-state index contributed by atoms with van der Waals surface area (Å²) in [5.41, 5.74) is 2.97. The van der Waals surface area contributed by atoms with Crippen LogP contribution >= 0.6 is 0 Å². The van der Waals surface area contributed by atoms with Crippen LogP contribution in [0.2, 0.25) is 0 Å². The van der Waals surface area contributed by atoms with Crippen LogP contribution in [0.4, 0.5) is 5.69 Å². The molecule has 0 N–H and O–H groups in total. The van der Waals surface area contributed by atoms with Gasteiger partial charge in [-0.25, -0.2) is 0 Å². The molecule has 2 aromatic heterocycles. The lowest BCUT2D eigenvalue weighted by molar-refractivity contribution is 0.949. The minimum atomic E-state index is 0.877. The van der Waals surface area contributed by atoms with E-state index in [0.29, 0.717) is 0 Å². The fraction of sp³-hybridized carbons (Fsp3) is 0.364. The molecular formula is C11H12N4. The third kappa shape index (κ3) is 1.42. The van der Waals surface area contributed by atoms with Crippen molar-refractivity contribution in [2.45, 2.75) is 12.8 Å². The number of aromatic nitrogens is 3. The number of hydrogen-bond donors (Lipinski definition) is 0. The second-order valence-corrected chi connectivity index (χ2v) is 3.80.